The van der Waals surface area contributed by atoms with E-state index in [4.69, 9.17) is 0 Å². The highest BCUT2D eigenvalue weighted by Gasteiger charge is 2.04. The first-order valence-electron chi connectivity index (χ1n) is 5.02. The lowest BCUT2D eigenvalue weighted by Gasteiger charge is -2.00. The van der Waals surface area contributed by atoms with E-state index in [0.29, 0.717) is 0 Å². The van der Waals surface area contributed by atoms with Crippen LogP contribution in [-0.2, 0) is 0 Å². The van der Waals surface area contributed by atoms with Gasteiger partial charge in [0.25, 0.3) is 0 Å². The van der Waals surface area contributed by atoms with E-state index < -0.39 is 0 Å². The lowest BCUT2D eigenvalue weighted by molar-refractivity contribution is 1.35. The van der Waals surface area contributed by atoms with Gasteiger partial charge < -0.3 is 4.98 Å². The highest BCUT2D eigenvalue weighted by Crippen LogP contribution is 2.24. The Morgan fingerprint density at radius 3 is 2.75 bits per heavy atom. The predicted octanol–water partition coefficient (Wildman–Crippen LogP) is 3.83. The molecule has 16 heavy (non-hydrogen) atoms. The number of aromatic amines is 1. The number of aromatic nitrogens is 2. The van der Waals surface area contributed by atoms with Crippen molar-refractivity contribution in [1.29, 1.82) is 0 Å². The molecule has 3 heteroatoms. The van der Waals surface area contributed by atoms with Gasteiger partial charge in [0.05, 0.1) is 11.2 Å². The van der Waals surface area contributed by atoms with Crippen LogP contribution in [0, 0.1) is 3.57 Å². The molecular formula is C13H9IN2. The van der Waals surface area contributed by atoms with Crippen LogP contribution in [0.1, 0.15) is 0 Å². The second kappa shape index (κ2) is 3.90. The molecule has 0 aliphatic carbocycles. The second-order valence-electron chi connectivity index (χ2n) is 3.62. The molecule has 0 bridgehead atoms. The van der Waals surface area contributed by atoms with Crippen LogP contribution in [0.2, 0.25) is 0 Å². The lowest BCUT2D eigenvalue weighted by atomic mass is 10.1. The SMILES string of the molecule is Ic1c[nH]c2cc(-c3ccccc3)ncc12. The number of nitrogens with one attached hydrogen (secondary N) is 1. The molecular weight excluding hydrogens is 311 g/mol. The normalized spacial score (nSPS) is 10.8. The molecule has 0 amide bonds. The Hall–Kier alpha value is -1.36. The molecule has 0 saturated heterocycles. The molecule has 0 unspecified atom stereocenters. The van der Waals surface area contributed by atoms with Crippen LogP contribution in [-0.4, -0.2) is 9.97 Å². The quantitative estimate of drug-likeness (QED) is 0.678. The zero-order valence-corrected chi connectivity index (χ0v) is 10.6. The zero-order chi connectivity index (χ0) is 11.0. The van der Waals surface area contributed by atoms with Gasteiger partial charge in [-0.1, -0.05) is 30.3 Å². The van der Waals surface area contributed by atoms with Crippen molar-refractivity contribution in [3.05, 3.63) is 52.4 Å². The summed E-state index contributed by atoms with van der Waals surface area (Å²) in [4.78, 5) is 7.74. The Balaban J connectivity index is 2.19. The minimum absolute atomic E-state index is 1.01. The summed E-state index contributed by atoms with van der Waals surface area (Å²) in [6.45, 7) is 0. The van der Waals surface area contributed by atoms with E-state index in [0.717, 1.165) is 16.8 Å². The maximum atomic E-state index is 4.49. The number of pyridine rings is 1. The van der Waals surface area contributed by atoms with Gasteiger partial charge in [-0.25, -0.2) is 0 Å². The van der Waals surface area contributed by atoms with E-state index in [2.05, 4.69) is 50.8 Å². The molecule has 0 atom stereocenters. The Bertz CT molecular complexity index is 629. The molecule has 3 aromatic rings. The largest absolute Gasteiger partial charge is 0.360 e. The number of H-pyrrole nitrogens is 1. The monoisotopic (exact) mass is 320 g/mol. The third kappa shape index (κ3) is 1.61. The molecule has 0 fully saturated rings. The third-order valence-corrected chi connectivity index (χ3v) is 3.48. The van der Waals surface area contributed by atoms with Gasteiger partial charge in [0.15, 0.2) is 0 Å². The van der Waals surface area contributed by atoms with E-state index in [1.807, 2.05) is 30.6 Å². The maximum Gasteiger partial charge on any atom is 0.0723 e. The summed E-state index contributed by atoms with van der Waals surface area (Å²) >= 11 is 2.31. The summed E-state index contributed by atoms with van der Waals surface area (Å²) in [5.74, 6) is 0. The summed E-state index contributed by atoms with van der Waals surface area (Å²) in [6, 6.07) is 12.3. The van der Waals surface area contributed by atoms with Crippen LogP contribution in [0.15, 0.2) is 48.8 Å². The molecule has 0 radical (unpaired) electrons. The highest BCUT2D eigenvalue weighted by molar-refractivity contribution is 14.1. The number of nitrogens with zero attached hydrogens (tertiary/aromatic N) is 1. The van der Waals surface area contributed by atoms with Gasteiger partial charge in [0, 0.05) is 26.9 Å². The van der Waals surface area contributed by atoms with Crippen molar-refractivity contribution in [1.82, 2.24) is 9.97 Å². The predicted molar refractivity (Wildman–Crippen MR) is 74.2 cm³/mol. The molecule has 1 aromatic carbocycles. The molecule has 2 heterocycles. The first kappa shape index (κ1) is 9.84. The number of rotatable bonds is 1. The van der Waals surface area contributed by atoms with E-state index in [9.17, 15) is 0 Å². The Morgan fingerprint density at radius 2 is 1.94 bits per heavy atom. The fourth-order valence-electron chi connectivity index (χ4n) is 1.75. The van der Waals surface area contributed by atoms with Gasteiger partial charge in [-0.05, 0) is 28.7 Å². The molecule has 2 nitrogen and oxygen atoms in total. The maximum absolute atomic E-state index is 4.49. The molecule has 3 rings (SSSR count). The fraction of sp³-hybridized carbons (Fsp3) is 0. The Kier molecular flexibility index (Phi) is 2.40. The van der Waals surface area contributed by atoms with Crippen molar-refractivity contribution >= 4 is 33.5 Å². The average molecular weight is 320 g/mol. The third-order valence-electron chi connectivity index (χ3n) is 2.59. The summed E-state index contributed by atoms with van der Waals surface area (Å²) in [5, 5.41) is 1.18. The minimum atomic E-state index is 1.01. The summed E-state index contributed by atoms with van der Waals surface area (Å²) in [5.41, 5.74) is 3.29. The van der Waals surface area contributed by atoms with E-state index >= 15 is 0 Å². The summed E-state index contributed by atoms with van der Waals surface area (Å²) in [6.07, 6.45) is 3.93. The summed E-state index contributed by atoms with van der Waals surface area (Å²) < 4.78 is 1.21. The topological polar surface area (TPSA) is 28.7 Å². The average Bonchev–Trinajstić information content (AvgIpc) is 2.72. The van der Waals surface area contributed by atoms with Crippen LogP contribution < -0.4 is 0 Å². The van der Waals surface area contributed by atoms with Crippen molar-refractivity contribution in [2.24, 2.45) is 0 Å². The van der Waals surface area contributed by atoms with Crippen LogP contribution in [0.4, 0.5) is 0 Å². The first-order chi connectivity index (χ1) is 7.84. The van der Waals surface area contributed by atoms with Crippen LogP contribution in [0.25, 0.3) is 22.2 Å². The fourth-order valence-corrected chi connectivity index (χ4v) is 2.34. The van der Waals surface area contributed by atoms with Gasteiger partial charge in [-0.3, -0.25) is 4.98 Å². The smallest absolute Gasteiger partial charge is 0.0723 e. The number of hydrogen-bond donors (Lipinski definition) is 1. The molecule has 78 valence electrons. The van der Waals surface area contributed by atoms with E-state index in [1.54, 1.807) is 0 Å². The molecule has 0 aliphatic heterocycles. The van der Waals surface area contributed by atoms with Crippen molar-refractivity contribution in [2.45, 2.75) is 0 Å². The van der Waals surface area contributed by atoms with Gasteiger partial charge in [0.2, 0.25) is 0 Å². The number of benzene rings is 1. The number of halogens is 1. The molecule has 2 aromatic heterocycles. The molecule has 0 spiro atoms. The number of hydrogen-bond acceptors (Lipinski definition) is 1. The van der Waals surface area contributed by atoms with E-state index in [1.165, 1.54) is 8.96 Å². The molecule has 0 aliphatic rings. The highest BCUT2D eigenvalue weighted by atomic mass is 127. The van der Waals surface area contributed by atoms with Crippen molar-refractivity contribution in [2.75, 3.05) is 0 Å². The molecule has 1 N–H and O–H groups in total. The van der Waals surface area contributed by atoms with Gasteiger partial charge in [-0.2, -0.15) is 0 Å². The standard InChI is InChI=1S/C13H9IN2/c14-11-8-16-13-6-12(15-7-10(11)13)9-4-2-1-3-5-9/h1-8,16H. The zero-order valence-electron chi connectivity index (χ0n) is 8.44. The van der Waals surface area contributed by atoms with Crippen LogP contribution in [0.5, 0.6) is 0 Å². The number of fused-ring (bicyclic) bond motifs is 1. The second-order valence-corrected chi connectivity index (χ2v) is 4.78. The van der Waals surface area contributed by atoms with Crippen molar-refractivity contribution < 1.29 is 0 Å². The van der Waals surface area contributed by atoms with Crippen molar-refractivity contribution in [3.63, 3.8) is 0 Å². The lowest BCUT2D eigenvalue weighted by Crippen LogP contribution is -1.82. The van der Waals surface area contributed by atoms with Gasteiger partial charge in [0.1, 0.15) is 0 Å². The van der Waals surface area contributed by atoms with Crippen LogP contribution >= 0.6 is 22.6 Å². The van der Waals surface area contributed by atoms with Crippen molar-refractivity contribution in [3.8, 4) is 11.3 Å². The molecule has 0 saturated carbocycles. The van der Waals surface area contributed by atoms with Gasteiger partial charge >= 0.3 is 0 Å². The summed E-state index contributed by atoms with van der Waals surface area (Å²) in [7, 11) is 0. The Labute approximate surface area is 107 Å². The van der Waals surface area contributed by atoms with Crippen LogP contribution in [0.3, 0.4) is 0 Å². The minimum Gasteiger partial charge on any atom is -0.360 e. The first-order valence-corrected chi connectivity index (χ1v) is 6.10. The Morgan fingerprint density at radius 1 is 1.12 bits per heavy atom. The van der Waals surface area contributed by atoms with Gasteiger partial charge in [-0.15, -0.1) is 0 Å². The van der Waals surface area contributed by atoms with E-state index in [-0.39, 0.29) is 0 Å².